The number of rotatable bonds is 5. The number of para-hydroxylation sites is 1. The maximum Gasteiger partial charge on any atom is 0.326 e. The first-order valence-electron chi connectivity index (χ1n) is 10.8. The molecule has 1 aromatic heterocycles. The molecule has 0 radical (unpaired) electrons. The minimum Gasteiger partial charge on any atom is -0.494 e. The van der Waals surface area contributed by atoms with Crippen LogP contribution in [0.4, 0.5) is 19.3 Å². The number of anilines is 1. The SMILES string of the molecule is COc1ccc(-c2noc(C3=C(C)N(c4ccccc4)C(=O)NC3c3ccc(F)cc3)n2)cc1F. The van der Waals surface area contributed by atoms with Crippen molar-refractivity contribution >= 4 is 17.3 Å². The Morgan fingerprint density at radius 3 is 2.46 bits per heavy atom. The van der Waals surface area contributed by atoms with Gasteiger partial charge in [-0.1, -0.05) is 35.5 Å². The van der Waals surface area contributed by atoms with Crippen LogP contribution in [-0.2, 0) is 0 Å². The third-order valence-corrected chi connectivity index (χ3v) is 5.77. The van der Waals surface area contributed by atoms with Gasteiger partial charge < -0.3 is 14.6 Å². The van der Waals surface area contributed by atoms with Gasteiger partial charge in [0.2, 0.25) is 5.82 Å². The average Bonchev–Trinajstić information content (AvgIpc) is 3.34. The molecule has 0 saturated carbocycles. The van der Waals surface area contributed by atoms with E-state index in [1.165, 1.54) is 36.3 Å². The van der Waals surface area contributed by atoms with E-state index in [0.29, 0.717) is 28.1 Å². The lowest BCUT2D eigenvalue weighted by Gasteiger charge is -2.35. The van der Waals surface area contributed by atoms with Crippen molar-refractivity contribution in [3.05, 3.63) is 102 Å². The third-order valence-electron chi connectivity index (χ3n) is 5.77. The number of benzene rings is 3. The highest BCUT2D eigenvalue weighted by molar-refractivity contribution is 6.01. The number of carbonyl (C=O) groups excluding carboxylic acids is 1. The fourth-order valence-corrected chi connectivity index (χ4v) is 4.07. The van der Waals surface area contributed by atoms with E-state index in [9.17, 15) is 13.6 Å². The Balaban J connectivity index is 1.63. The Hall–Kier alpha value is -4.53. The molecule has 0 spiro atoms. The van der Waals surface area contributed by atoms with Crippen LogP contribution in [-0.4, -0.2) is 23.3 Å². The molecule has 1 aliphatic heterocycles. The molecule has 9 heteroatoms. The molecule has 2 heterocycles. The summed E-state index contributed by atoms with van der Waals surface area (Å²) in [5, 5.41) is 6.99. The number of urea groups is 1. The van der Waals surface area contributed by atoms with Gasteiger partial charge in [-0.15, -0.1) is 0 Å². The Kier molecular flexibility index (Phi) is 5.74. The zero-order valence-electron chi connectivity index (χ0n) is 18.8. The van der Waals surface area contributed by atoms with Crippen molar-refractivity contribution < 1.29 is 22.8 Å². The summed E-state index contributed by atoms with van der Waals surface area (Å²) in [4.78, 5) is 19.2. The van der Waals surface area contributed by atoms with Crippen LogP contribution in [0.1, 0.15) is 24.4 Å². The van der Waals surface area contributed by atoms with Crippen LogP contribution >= 0.6 is 0 Å². The molecular weight excluding hydrogens is 454 g/mol. The minimum atomic E-state index is -0.677. The van der Waals surface area contributed by atoms with Crippen LogP contribution in [0.5, 0.6) is 5.75 Å². The van der Waals surface area contributed by atoms with Crippen LogP contribution in [0, 0.1) is 11.6 Å². The molecule has 5 rings (SSSR count). The number of nitrogens with zero attached hydrogens (tertiary/aromatic N) is 3. The molecule has 1 unspecified atom stereocenters. The van der Waals surface area contributed by atoms with Crippen molar-refractivity contribution in [3.8, 4) is 17.1 Å². The van der Waals surface area contributed by atoms with Crippen LogP contribution < -0.4 is 15.0 Å². The summed E-state index contributed by atoms with van der Waals surface area (Å²) in [6, 6.07) is 18.2. The quantitative estimate of drug-likeness (QED) is 0.400. The van der Waals surface area contributed by atoms with Gasteiger partial charge in [0.1, 0.15) is 5.82 Å². The Bertz CT molecular complexity index is 1420. The number of carbonyl (C=O) groups is 1. The van der Waals surface area contributed by atoms with E-state index in [0.717, 1.165) is 0 Å². The smallest absolute Gasteiger partial charge is 0.326 e. The molecule has 2 amide bonds. The van der Waals surface area contributed by atoms with E-state index in [4.69, 9.17) is 9.26 Å². The molecule has 35 heavy (non-hydrogen) atoms. The summed E-state index contributed by atoms with van der Waals surface area (Å²) >= 11 is 0. The lowest BCUT2D eigenvalue weighted by atomic mass is 9.94. The number of aromatic nitrogens is 2. The molecule has 0 saturated heterocycles. The van der Waals surface area contributed by atoms with Crippen molar-refractivity contribution in [1.82, 2.24) is 15.5 Å². The Labute approximate surface area is 199 Å². The lowest BCUT2D eigenvalue weighted by molar-refractivity contribution is 0.244. The van der Waals surface area contributed by atoms with E-state index in [-0.39, 0.29) is 23.5 Å². The zero-order chi connectivity index (χ0) is 24.5. The molecule has 0 aliphatic carbocycles. The molecule has 1 N–H and O–H groups in total. The number of hydrogen-bond acceptors (Lipinski definition) is 5. The van der Waals surface area contributed by atoms with Crippen molar-refractivity contribution in [3.63, 3.8) is 0 Å². The van der Waals surface area contributed by atoms with Crippen molar-refractivity contribution in [2.24, 2.45) is 0 Å². The summed E-state index contributed by atoms with van der Waals surface area (Å²) in [5.74, 6) is -0.547. The fourth-order valence-electron chi connectivity index (χ4n) is 4.07. The van der Waals surface area contributed by atoms with Crippen molar-refractivity contribution in [1.29, 1.82) is 0 Å². The minimum absolute atomic E-state index is 0.0980. The number of ether oxygens (including phenoxy) is 1. The summed E-state index contributed by atoms with van der Waals surface area (Å²) in [7, 11) is 1.38. The fraction of sp³-hybridized carbons (Fsp3) is 0.115. The van der Waals surface area contributed by atoms with Crippen LogP contribution in [0.2, 0.25) is 0 Å². The average molecular weight is 474 g/mol. The maximum atomic E-state index is 14.3. The first kappa shape index (κ1) is 22.3. The van der Waals surface area contributed by atoms with Gasteiger partial charge in [-0.25, -0.2) is 13.6 Å². The van der Waals surface area contributed by atoms with Crippen LogP contribution in [0.15, 0.2) is 83.0 Å². The first-order chi connectivity index (χ1) is 17.0. The van der Waals surface area contributed by atoms with E-state index < -0.39 is 17.7 Å². The molecule has 1 atom stereocenters. The monoisotopic (exact) mass is 474 g/mol. The molecule has 0 bridgehead atoms. The molecule has 1 aliphatic rings. The number of halogens is 2. The van der Waals surface area contributed by atoms with Crippen molar-refractivity contribution in [2.75, 3.05) is 12.0 Å². The molecule has 4 aromatic rings. The zero-order valence-corrected chi connectivity index (χ0v) is 18.8. The van der Waals surface area contributed by atoms with Crippen molar-refractivity contribution in [2.45, 2.75) is 13.0 Å². The molecule has 176 valence electrons. The molecule has 3 aromatic carbocycles. The number of amides is 2. The predicted molar refractivity (Wildman–Crippen MR) is 125 cm³/mol. The van der Waals surface area contributed by atoms with E-state index in [1.54, 1.807) is 37.3 Å². The Morgan fingerprint density at radius 2 is 1.77 bits per heavy atom. The number of nitrogens with one attached hydrogen (secondary N) is 1. The molecule has 7 nitrogen and oxygen atoms in total. The second-order valence-corrected chi connectivity index (χ2v) is 7.88. The largest absolute Gasteiger partial charge is 0.494 e. The lowest BCUT2D eigenvalue weighted by Crippen LogP contribution is -2.46. The second kappa shape index (κ2) is 9.02. The molecular formula is C26H20F2N4O3. The second-order valence-electron chi connectivity index (χ2n) is 7.88. The predicted octanol–water partition coefficient (Wildman–Crippen LogP) is 5.73. The maximum absolute atomic E-state index is 14.3. The summed E-state index contributed by atoms with van der Waals surface area (Å²) in [6.45, 7) is 1.77. The normalized spacial score (nSPS) is 15.8. The van der Waals surface area contributed by atoms with Gasteiger partial charge in [0.25, 0.3) is 5.89 Å². The Morgan fingerprint density at radius 1 is 1.03 bits per heavy atom. The van der Waals surface area contributed by atoms with E-state index in [1.807, 2.05) is 18.2 Å². The first-order valence-corrected chi connectivity index (χ1v) is 10.8. The van der Waals surface area contributed by atoms with Gasteiger partial charge in [-0.3, -0.25) is 4.90 Å². The number of hydrogen-bond donors (Lipinski definition) is 1. The number of methoxy groups -OCH3 is 1. The van der Waals surface area contributed by atoms with Gasteiger partial charge in [0, 0.05) is 11.3 Å². The van der Waals surface area contributed by atoms with Gasteiger partial charge in [-0.05, 0) is 55.0 Å². The third kappa shape index (κ3) is 4.12. The standard InChI is InChI=1S/C26H20F2N4O3/c1-15-22(25-30-24(31-35-25)17-10-13-21(34-2)20(28)14-17)23(16-8-11-18(27)12-9-16)29-26(33)32(15)19-6-4-3-5-7-19/h3-14,23H,1-2H3,(H,29,33). The van der Waals surface area contributed by atoms with Crippen LogP contribution in [0.3, 0.4) is 0 Å². The molecule has 0 fully saturated rings. The number of allylic oxidation sites excluding steroid dienone is 1. The van der Waals surface area contributed by atoms with E-state index >= 15 is 0 Å². The van der Waals surface area contributed by atoms with Gasteiger partial charge in [0.15, 0.2) is 11.6 Å². The van der Waals surface area contributed by atoms with Gasteiger partial charge in [0.05, 0.1) is 24.4 Å². The summed E-state index contributed by atoms with van der Waals surface area (Å²) in [6.07, 6.45) is 0. The highest BCUT2D eigenvalue weighted by Gasteiger charge is 2.36. The van der Waals surface area contributed by atoms with Gasteiger partial charge in [-0.2, -0.15) is 4.98 Å². The topological polar surface area (TPSA) is 80.5 Å². The van der Waals surface area contributed by atoms with Crippen LogP contribution in [0.25, 0.3) is 17.0 Å². The van der Waals surface area contributed by atoms with Gasteiger partial charge >= 0.3 is 6.03 Å². The highest BCUT2D eigenvalue weighted by Crippen LogP contribution is 2.39. The summed E-state index contributed by atoms with van der Waals surface area (Å²) < 4.78 is 38.4. The highest BCUT2D eigenvalue weighted by atomic mass is 19.1. The van der Waals surface area contributed by atoms with E-state index in [2.05, 4.69) is 15.5 Å². The summed E-state index contributed by atoms with van der Waals surface area (Å²) in [5.41, 5.74) is 2.78.